The summed E-state index contributed by atoms with van der Waals surface area (Å²) in [4.78, 5) is 9.16. The fourth-order valence-corrected chi connectivity index (χ4v) is 9.18. The molecular formula is C43H39F3IrN2SSi-2. The minimum absolute atomic E-state index is 0. The Hall–Kier alpha value is -3.94. The van der Waals surface area contributed by atoms with E-state index in [1.807, 2.05) is 42.6 Å². The molecule has 7 aromatic rings. The van der Waals surface area contributed by atoms with Gasteiger partial charge in [-0.25, -0.2) is 13.2 Å². The Bertz CT molecular complexity index is 2270. The summed E-state index contributed by atoms with van der Waals surface area (Å²) in [5, 5.41) is 3.45. The van der Waals surface area contributed by atoms with Crippen LogP contribution in [0.3, 0.4) is 0 Å². The number of pyridine rings is 2. The minimum atomic E-state index is -1.45. The minimum Gasteiger partial charge on any atom is -0.305 e. The first-order valence-corrected chi connectivity index (χ1v) is 21.2. The first-order chi connectivity index (χ1) is 24.0. The smallest absolute Gasteiger partial charge is 0.194 e. The van der Waals surface area contributed by atoms with Crippen LogP contribution in [0.4, 0.5) is 13.2 Å². The molecule has 7 rings (SSSR count). The fraction of sp³-hybridized carbons (Fsp3) is 0.209. The molecule has 0 atom stereocenters. The monoisotopic (exact) mass is 893 g/mol. The van der Waals surface area contributed by atoms with Crippen LogP contribution in [0.25, 0.3) is 53.8 Å². The van der Waals surface area contributed by atoms with Crippen LogP contribution in [-0.2, 0) is 20.1 Å². The van der Waals surface area contributed by atoms with E-state index >= 15 is 0 Å². The normalized spacial score (nSPS) is 11.4. The molecule has 4 aromatic carbocycles. The first-order valence-electron chi connectivity index (χ1n) is 16.9. The van der Waals surface area contributed by atoms with Crippen molar-refractivity contribution in [2.75, 3.05) is 0 Å². The van der Waals surface area contributed by atoms with Crippen LogP contribution in [0.15, 0.2) is 97.3 Å². The topological polar surface area (TPSA) is 25.8 Å². The molecule has 51 heavy (non-hydrogen) atoms. The SMILES string of the molecule is CCC(CC)c1ccnc(-c2[c-]cc3sc4ccc(-c5cc(F)c(F)c(F)c5)cc4c3c2)c1.Cc1cc(-c2[c-]cccc2)ncc1[Si](C)(C)C.[Ir]. The van der Waals surface area contributed by atoms with Gasteiger partial charge in [-0.05, 0) is 93.8 Å². The molecule has 0 spiro atoms. The van der Waals surface area contributed by atoms with Gasteiger partial charge < -0.3 is 9.97 Å². The van der Waals surface area contributed by atoms with E-state index < -0.39 is 25.5 Å². The number of fused-ring (bicyclic) bond motifs is 3. The molecule has 3 heterocycles. The number of hydrogen-bond acceptors (Lipinski definition) is 3. The molecule has 0 N–H and O–H groups in total. The van der Waals surface area contributed by atoms with Gasteiger partial charge in [-0.3, -0.25) is 0 Å². The van der Waals surface area contributed by atoms with E-state index in [1.165, 1.54) is 16.3 Å². The predicted octanol–water partition coefficient (Wildman–Crippen LogP) is 12.3. The van der Waals surface area contributed by atoms with Gasteiger partial charge in [-0.2, -0.15) is 11.3 Å². The summed E-state index contributed by atoms with van der Waals surface area (Å²) in [6, 6.07) is 32.7. The van der Waals surface area contributed by atoms with Crippen LogP contribution < -0.4 is 5.19 Å². The molecule has 0 aliphatic rings. The van der Waals surface area contributed by atoms with Crippen LogP contribution in [0, 0.1) is 36.5 Å². The van der Waals surface area contributed by atoms with Gasteiger partial charge in [0.2, 0.25) is 0 Å². The van der Waals surface area contributed by atoms with Gasteiger partial charge in [0.15, 0.2) is 17.5 Å². The molecule has 0 unspecified atom stereocenters. The third-order valence-electron chi connectivity index (χ3n) is 9.14. The Morgan fingerprint density at radius 3 is 2.10 bits per heavy atom. The molecule has 0 saturated heterocycles. The number of aromatic nitrogens is 2. The molecule has 2 nitrogen and oxygen atoms in total. The molecule has 263 valence electrons. The van der Waals surface area contributed by atoms with E-state index in [-0.39, 0.29) is 20.1 Å². The number of aryl methyl sites for hydroxylation is 1. The maximum Gasteiger partial charge on any atom is 0.194 e. The summed E-state index contributed by atoms with van der Waals surface area (Å²) in [5.41, 5.74) is 7.42. The zero-order valence-corrected chi connectivity index (χ0v) is 33.7. The third kappa shape index (κ3) is 8.42. The fourth-order valence-electron chi connectivity index (χ4n) is 6.42. The van der Waals surface area contributed by atoms with Crippen molar-refractivity contribution < 1.29 is 33.3 Å². The Balaban J connectivity index is 0.000000237. The van der Waals surface area contributed by atoms with Crippen LogP contribution in [0.5, 0.6) is 0 Å². The van der Waals surface area contributed by atoms with Crippen LogP contribution >= 0.6 is 11.3 Å². The zero-order chi connectivity index (χ0) is 35.6. The van der Waals surface area contributed by atoms with Crippen molar-refractivity contribution in [2.45, 2.75) is 59.2 Å². The van der Waals surface area contributed by atoms with Gasteiger partial charge >= 0.3 is 0 Å². The van der Waals surface area contributed by atoms with Gasteiger partial charge in [-0.15, -0.1) is 59.7 Å². The van der Waals surface area contributed by atoms with Crippen molar-refractivity contribution in [2.24, 2.45) is 0 Å². The quantitative estimate of drug-likeness (QED) is 0.0905. The summed E-state index contributed by atoms with van der Waals surface area (Å²) < 4.78 is 43.1. The summed E-state index contributed by atoms with van der Waals surface area (Å²) in [7, 11) is -1.27. The van der Waals surface area contributed by atoms with Crippen molar-refractivity contribution in [1.82, 2.24) is 9.97 Å². The standard InChI is InChI=1S/C28H21F3NS.C15H18NSi.Ir/c1-3-16(4-2)18-9-10-32-25(15-18)19-6-8-27-22(12-19)21-11-17(5-7-26(21)33-27)20-13-23(29)28(31)24(30)14-20;1-12-10-14(13-8-6-5-7-9-13)16-11-15(12)17(2,3)4;/h5,7-16H,3-4H2,1-2H3;5-8,10-11H,1-4H3;/q2*-1;. The van der Waals surface area contributed by atoms with E-state index in [9.17, 15) is 13.2 Å². The Kier molecular flexibility index (Phi) is 12.1. The Morgan fingerprint density at radius 1 is 0.745 bits per heavy atom. The third-order valence-corrected chi connectivity index (χ3v) is 12.4. The average molecular weight is 893 g/mol. The van der Waals surface area contributed by atoms with Gasteiger partial charge in [0, 0.05) is 37.2 Å². The van der Waals surface area contributed by atoms with Crippen molar-refractivity contribution in [3.05, 3.63) is 138 Å². The number of nitrogens with zero attached hydrogens (tertiary/aromatic N) is 2. The number of rotatable bonds is 7. The van der Waals surface area contributed by atoms with Gasteiger partial charge in [0.25, 0.3) is 0 Å². The molecule has 0 fully saturated rings. The van der Waals surface area contributed by atoms with Crippen LogP contribution in [0.2, 0.25) is 19.6 Å². The largest absolute Gasteiger partial charge is 0.305 e. The summed E-state index contributed by atoms with van der Waals surface area (Å²) in [5.74, 6) is -3.35. The van der Waals surface area contributed by atoms with Gasteiger partial charge in [0.1, 0.15) is 0 Å². The van der Waals surface area contributed by atoms with E-state index in [1.54, 1.807) is 17.4 Å². The number of thiophene rings is 1. The van der Waals surface area contributed by atoms with E-state index in [0.717, 1.165) is 67.7 Å². The predicted molar refractivity (Wildman–Crippen MR) is 206 cm³/mol. The summed E-state index contributed by atoms with van der Waals surface area (Å²) >= 11 is 1.63. The molecule has 8 heteroatoms. The zero-order valence-electron chi connectivity index (χ0n) is 29.5. The molecule has 0 saturated carbocycles. The summed E-state index contributed by atoms with van der Waals surface area (Å²) in [6.07, 6.45) is 6.05. The Morgan fingerprint density at radius 2 is 1.45 bits per heavy atom. The van der Waals surface area contributed by atoms with Crippen molar-refractivity contribution in [3.8, 4) is 33.6 Å². The maximum atomic E-state index is 13.8. The molecule has 0 bridgehead atoms. The maximum absolute atomic E-state index is 13.8. The first kappa shape index (κ1) is 38.3. The second-order valence-electron chi connectivity index (χ2n) is 13.6. The number of benzene rings is 4. The van der Waals surface area contributed by atoms with Crippen LogP contribution in [0.1, 0.15) is 43.7 Å². The van der Waals surface area contributed by atoms with E-state index in [0.29, 0.717) is 17.0 Å². The Labute approximate surface area is 317 Å². The average Bonchev–Trinajstić information content (AvgIpc) is 3.48. The molecule has 3 aromatic heterocycles. The van der Waals surface area contributed by atoms with Gasteiger partial charge in [-0.1, -0.05) is 68.2 Å². The molecule has 1 radical (unpaired) electrons. The molecule has 0 aliphatic carbocycles. The molecular weight excluding hydrogens is 854 g/mol. The molecule has 0 amide bonds. The number of halogens is 3. The van der Waals surface area contributed by atoms with E-state index in [2.05, 4.69) is 99.0 Å². The second-order valence-corrected chi connectivity index (χ2v) is 19.7. The van der Waals surface area contributed by atoms with E-state index in [4.69, 9.17) is 0 Å². The second kappa shape index (κ2) is 16.2. The van der Waals surface area contributed by atoms with Crippen molar-refractivity contribution in [3.63, 3.8) is 0 Å². The summed E-state index contributed by atoms with van der Waals surface area (Å²) in [6.45, 7) is 13.6. The van der Waals surface area contributed by atoms with Crippen molar-refractivity contribution >= 4 is 44.8 Å². The van der Waals surface area contributed by atoms with Gasteiger partial charge in [0.05, 0.1) is 8.07 Å². The van der Waals surface area contributed by atoms with Crippen molar-refractivity contribution in [1.29, 1.82) is 0 Å². The van der Waals surface area contributed by atoms with Crippen LogP contribution in [-0.4, -0.2) is 18.0 Å². The molecule has 0 aliphatic heterocycles. The number of hydrogen-bond donors (Lipinski definition) is 0.